The highest BCUT2D eigenvalue weighted by Crippen LogP contribution is 2.29. The van der Waals surface area contributed by atoms with Crippen molar-refractivity contribution in [3.8, 4) is 5.75 Å². The van der Waals surface area contributed by atoms with Gasteiger partial charge in [-0.3, -0.25) is 0 Å². The van der Waals surface area contributed by atoms with Crippen molar-refractivity contribution in [2.75, 3.05) is 7.11 Å². The lowest BCUT2D eigenvalue weighted by atomic mass is 10.0. The second-order valence-electron chi connectivity index (χ2n) is 5.05. The van der Waals surface area contributed by atoms with Crippen LogP contribution in [-0.2, 0) is 0 Å². The summed E-state index contributed by atoms with van der Waals surface area (Å²) < 4.78 is 7.47. The molecule has 0 amide bonds. The van der Waals surface area contributed by atoms with Gasteiger partial charge in [-0.1, -0.05) is 50.1 Å². The minimum Gasteiger partial charge on any atom is -0.497 e. The van der Waals surface area contributed by atoms with Crippen molar-refractivity contribution in [2.45, 2.75) is 25.9 Å². The highest BCUT2D eigenvalue weighted by atomic mass is 79.9. The average molecular weight is 413 g/mol. The van der Waals surface area contributed by atoms with E-state index >= 15 is 0 Å². The van der Waals surface area contributed by atoms with Crippen LogP contribution in [0.15, 0.2) is 51.4 Å². The Hall–Kier alpha value is -0.840. The smallest absolute Gasteiger partial charge is 0.119 e. The minimum absolute atomic E-state index is 0.241. The zero-order chi connectivity index (χ0) is 15.4. The van der Waals surface area contributed by atoms with E-state index in [1.54, 1.807) is 7.11 Å². The SMILES string of the molecule is COc1cccc(C(C)NC(C)c2ccc(Br)cc2Br)c1. The molecule has 0 aromatic heterocycles. The molecule has 21 heavy (non-hydrogen) atoms. The normalized spacial score (nSPS) is 13.8. The number of benzene rings is 2. The second-order valence-corrected chi connectivity index (χ2v) is 6.82. The Bertz CT molecular complexity index is 615. The van der Waals surface area contributed by atoms with Gasteiger partial charge in [-0.05, 0) is 49.2 Å². The van der Waals surface area contributed by atoms with Crippen LogP contribution in [0.25, 0.3) is 0 Å². The Balaban J connectivity index is 2.12. The summed E-state index contributed by atoms with van der Waals surface area (Å²) in [7, 11) is 1.69. The molecule has 2 aromatic carbocycles. The number of hydrogen-bond donors (Lipinski definition) is 1. The first-order chi connectivity index (χ1) is 10.0. The van der Waals surface area contributed by atoms with Crippen molar-refractivity contribution in [1.29, 1.82) is 0 Å². The summed E-state index contributed by atoms with van der Waals surface area (Å²) in [5, 5.41) is 3.62. The Morgan fingerprint density at radius 1 is 1.00 bits per heavy atom. The maximum absolute atomic E-state index is 5.29. The van der Waals surface area contributed by atoms with E-state index in [0.29, 0.717) is 0 Å². The number of rotatable bonds is 5. The third-order valence-electron chi connectivity index (χ3n) is 3.52. The molecule has 0 aliphatic carbocycles. The first kappa shape index (κ1) is 16.5. The van der Waals surface area contributed by atoms with Crippen molar-refractivity contribution in [2.24, 2.45) is 0 Å². The van der Waals surface area contributed by atoms with Gasteiger partial charge in [0.2, 0.25) is 0 Å². The van der Waals surface area contributed by atoms with Gasteiger partial charge in [0.25, 0.3) is 0 Å². The van der Waals surface area contributed by atoms with E-state index in [0.717, 1.165) is 14.7 Å². The standard InChI is InChI=1S/C17H19Br2NO/c1-11(13-5-4-6-15(9-13)21-3)20-12(2)16-8-7-14(18)10-17(16)19/h4-12,20H,1-3H3. The summed E-state index contributed by atoms with van der Waals surface area (Å²) in [5.74, 6) is 0.888. The Morgan fingerprint density at radius 3 is 2.43 bits per heavy atom. The molecule has 0 saturated carbocycles. The van der Waals surface area contributed by atoms with Crippen LogP contribution < -0.4 is 10.1 Å². The first-order valence-corrected chi connectivity index (χ1v) is 8.45. The third-order valence-corrected chi connectivity index (χ3v) is 4.70. The van der Waals surface area contributed by atoms with Crippen LogP contribution in [-0.4, -0.2) is 7.11 Å². The van der Waals surface area contributed by atoms with E-state index in [4.69, 9.17) is 4.74 Å². The predicted molar refractivity (Wildman–Crippen MR) is 94.8 cm³/mol. The van der Waals surface area contributed by atoms with Gasteiger partial charge < -0.3 is 10.1 Å². The van der Waals surface area contributed by atoms with Crippen LogP contribution in [0.3, 0.4) is 0 Å². The lowest BCUT2D eigenvalue weighted by Crippen LogP contribution is -2.22. The minimum atomic E-state index is 0.241. The van der Waals surface area contributed by atoms with Gasteiger partial charge in [-0.25, -0.2) is 0 Å². The largest absolute Gasteiger partial charge is 0.497 e. The molecule has 0 radical (unpaired) electrons. The molecule has 0 aliphatic rings. The molecule has 2 unspecified atom stereocenters. The van der Waals surface area contributed by atoms with Crippen molar-refractivity contribution < 1.29 is 4.74 Å². The number of methoxy groups -OCH3 is 1. The third kappa shape index (κ3) is 4.31. The zero-order valence-corrected chi connectivity index (χ0v) is 15.5. The number of nitrogens with one attached hydrogen (secondary N) is 1. The van der Waals surface area contributed by atoms with Crippen LogP contribution in [0.1, 0.15) is 37.1 Å². The van der Waals surface area contributed by atoms with Crippen molar-refractivity contribution >= 4 is 31.9 Å². The monoisotopic (exact) mass is 411 g/mol. The summed E-state index contributed by atoms with van der Waals surface area (Å²) in [4.78, 5) is 0. The lowest BCUT2D eigenvalue weighted by Gasteiger charge is -2.22. The molecular weight excluding hydrogens is 394 g/mol. The molecule has 2 rings (SSSR count). The average Bonchev–Trinajstić information content (AvgIpc) is 2.47. The van der Waals surface area contributed by atoms with E-state index in [1.165, 1.54) is 11.1 Å². The van der Waals surface area contributed by atoms with E-state index in [2.05, 4.69) is 81.4 Å². The molecule has 0 saturated heterocycles. The van der Waals surface area contributed by atoms with E-state index < -0.39 is 0 Å². The molecule has 2 aromatic rings. The van der Waals surface area contributed by atoms with Crippen LogP contribution >= 0.6 is 31.9 Å². The highest BCUT2D eigenvalue weighted by molar-refractivity contribution is 9.11. The Labute approximate surface area is 143 Å². The predicted octanol–water partition coefficient (Wildman–Crippen LogP) is 5.63. The van der Waals surface area contributed by atoms with Gasteiger partial charge in [0.1, 0.15) is 5.75 Å². The summed E-state index contributed by atoms with van der Waals surface area (Å²) >= 11 is 7.11. The molecule has 4 heteroatoms. The maximum Gasteiger partial charge on any atom is 0.119 e. The summed E-state index contributed by atoms with van der Waals surface area (Å²) in [6.45, 7) is 4.34. The topological polar surface area (TPSA) is 21.3 Å². The molecule has 112 valence electrons. The number of ether oxygens (including phenoxy) is 1. The van der Waals surface area contributed by atoms with Crippen molar-refractivity contribution in [3.63, 3.8) is 0 Å². The molecule has 2 nitrogen and oxygen atoms in total. The van der Waals surface area contributed by atoms with Crippen LogP contribution in [0, 0.1) is 0 Å². The molecule has 0 heterocycles. The maximum atomic E-state index is 5.29. The molecule has 0 spiro atoms. The fraction of sp³-hybridized carbons (Fsp3) is 0.294. The molecular formula is C17H19Br2NO. The molecule has 0 aliphatic heterocycles. The fourth-order valence-corrected chi connectivity index (χ4v) is 3.71. The Kier molecular flexibility index (Phi) is 5.85. The van der Waals surface area contributed by atoms with Crippen LogP contribution in [0.4, 0.5) is 0 Å². The van der Waals surface area contributed by atoms with Gasteiger partial charge in [0.05, 0.1) is 7.11 Å². The molecule has 0 fully saturated rings. The van der Waals surface area contributed by atoms with Gasteiger partial charge in [0, 0.05) is 21.0 Å². The molecule has 0 bridgehead atoms. The molecule has 1 N–H and O–H groups in total. The van der Waals surface area contributed by atoms with Gasteiger partial charge in [-0.2, -0.15) is 0 Å². The second kappa shape index (κ2) is 7.43. The fourth-order valence-electron chi connectivity index (χ4n) is 2.32. The highest BCUT2D eigenvalue weighted by Gasteiger charge is 2.14. The van der Waals surface area contributed by atoms with Gasteiger partial charge >= 0.3 is 0 Å². The number of hydrogen-bond acceptors (Lipinski definition) is 2. The van der Waals surface area contributed by atoms with Gasteiger partial charge in [0.15, 0.2) is 0 Å². The summed E-state index contributed by atoms with van der Waals surface area (Å²) in [5.41, 5.74) is 2.46. The van der Waals surface area contributed by atoms with Gasteiger partial charge in [-0.15, -0.1) is 0 Å². The summed E-state index contributed by atoms with van der Waals surface area (Å²) in [6.07, 6.45) is 0. The Morgan fingerprint density at radius 2 is 1.76 bits per heavy atom. The number of halogens is 2. The van der Waals surface area contributed by atoms with E-state index in [-0.39, 0.29) is 12.1 Å². The van der Waals surface area contributed by atoms with E-state index in [9.17, 15) is 0 Å². The molecule has 2 atom stereocenters. The first-order valence-electron chi connectivity index (χ1n) is 6.86. The van der Waals surface area contributed by atoms with Crippen LogP contribution in [0.5, 0.6) is 5.75 Å². The summed E-state index contributed by atoms with van der Waals surface area (Å²) in [6, 6.07) is 14.9. The zero-order valence-electron chi connectivity index (χ0n) is 12.4. The lowest BCUT2D eigenvalue weighted by molar-refractivity contribution is 0.412. The van der Waals surface area contributed by atoms with Crippen LogP contribution in [0.2, 0.25) is 0 Å². The van der Waals surface area contributed by atoms with Crippen molar-refractivity contribution in [3.05, 3.63) is 62.5 Å². The quantitative estimate of drug-likeness (QED) is 0.686. The van der Waals surface area contributed by atoms with Crippen molar-refractivity contribution in [1.82, 2.24) is 5.32 Å². The van der Waals surface area contributed by atoms with E-state index in [1.807, 2.05) is 12.1 Å².